The number of rotatable bonds is 3. The van der Waals surface area contributed by atoms with Crippen molar-refractivity contribution < 1.29 is 4.21 Å². The molecule has 1 aliphatic heterocycles. The van der Waals surface area contributed by atoms with Crippen LogP contribution in [0.25, 0.3) is 10.9 Å². The minimum atomic E-state index is -0.806. The molecule has 1 atom stereocenters. The molecule has 0 N–H and O–H groups in total. The van der Waals surface area contributed by atoms with Gasteiger partial charge in [-0.25, -0.2) is 0 Å². The van der Waals surface area contributed by atoms with E-state index in [9.17, 15) is 4.21 Å². The van der Waals surface area contributed by atoms with Gasteiger partial charge in [0.05, 0.1) is 10.8 Å². The Kier molecular flexibility index (Phi) is 5.69. The Labute approximate surface area is 143 Å². The third-order valence-corrected chi connectivity index (χ3v) is 6.32. The van der Waals surface area contributed by atoms with E-state index < -0.39 is 10.8 Å². The van der Waals surface area contributed by atoms with Gasteiger partial charge in [-0.3, -0.25) is 4.21 Å². The topological polar surface area (TPSA) is 25.2 Å². The van der Waals surface area contributed by atoms with Crippen molar-refractivity contribution in [3.8, 4) is 0 Å². The molecule has 0 aliphatic carbocycles. The highest BCUT2D eigenvalue weighted by Gasteiger charge is 2.23. The SMILES string of the molecule is CC.CN(C)C(C)(C)Cn1ccc2c3c(ccc21)S(=O)CCC3. The predicted molar refractivity (Wildman–Crippen MR) is 101 cm³/mol. The van der Waals surface area contributed by atoms with Crippen LogP contribution in [-0.4, -0.2) is 39.1 Å². The van der Waals surface area contributed by atoms with E-state index in [4.69, 9.17) is 0 Å². The lowest BCUT2D eigenvalue weighted by atomic mass is 10.0. The van der Waals surface area contributed by atoms with Crippen molar-refractivity contribution in [2.24, 2.45) is 0 Å². The lowest BCUT2D eigenvalue weighted by molar-refractivity contribution is 0.171. The summed E-state index contributed by atoms with van der Waals surface area (Å²) in [6.07, 6.45) is 4.26. The van der Waals surface area contributed by atoms with Crippen molar-refractivity contribution in [2.75, 3.05) is 19.8 Å². The maximum Gasteiger partial charge on any atom is 0.0532 e. The smallest absolute Gasteiger partial charge is 0.0532 e. The lowest BCUT2D eigenvalue weighted by Gasteiger charge is -2.33. The summed E-state index contributed by atoms with van der Waals surface area (Å²) in [6.45, 7) is 9.46. The van der Waals surface area contributed by atoms with Crippen LogP contribution in [0, 0.1) is 0 Å². The largest absolute Gasteiger partial charge is 0.346 e. The molecule has 23 heavy (non-hydrogen) atoms. The monoisotopic (exact) mass is 334 g/mol. The van der Waals surface area contributed by atoms with E-state index >= 15 is 0 Å². The molecule has 0 fully saturated rings. The van der Waals surface area contributed by atoms with Crippen LogP contribution in [0.4, 0.5) is 0 Å². The van der Waals surface area contributed by atoms with Gasteiger partial charge in [-0.05, 0) is 64.5 Å². The quantitative estimate of drug-likeness (QED) is 0.846. The molecular formula is C19H30N2OS. The highest BCUT2D eigenvalue weighted by molar-refractivity contribution is 7.85. The zero-order chi connectivity index (χ0) is 17.2. The number of nitrogens with zero attached hydrogens (tertiary/aromatic N) is 2. The Morgan fingerprint density at radius 2 is 1.91 bits per heavy atom. The van der Waals surface area contributed by atoms with Crippen LogP contribution in [0.2, 0.25) is 0 Å². The lowest BCUT2D eigenvalue weighted by Crippen LogP contribution is -2.41. The van der Waals surface area contributed by atoms with E-state index in [0.29, 0.717) is 0 Å². The number of fused-ring (bicyclic) bond motifs is 3. The van der Waals surface area contributed by atoms with Crippen LogP contribution >= 0.6 is 0 Å². The van der Waals surface area contributed by atoms with Crippen LogP contribution in [-0.2, 0) is 23.8 Å². The standard InChI is InChI=1S/C17H24N2OS.C2H6/c1-17(2,18(3)4)12-19-10-9-13-14-6-5-11-21(20)16(14)8-7-15(13)19;1-2/h7-10H,5-6,11-12H2,1-4H3;1-2H3. The molecule has 1 unspecified atom stereocenters. The second kappa shape index (κ2) is 7.18. The van der Waals surface area contributed by atoms with E-state index in [0.717, 1.165) is 30.0 Å². The number of benzene rings is 1. The van der Waals surface area contributed by atoms with Gasteiger partial charge in [0.25, 0.3) is 0 Å². The van der Waals surface area contributed by atoms with Gasteiger partial charge in [-0.15, -0.1) is 0 Å². The van der Waals surface area contributed by atoms with Crippen LogP contribution in [0.3, 0.4) is 0 Å². The molecule has 0 amide bonds. The molecule has 1 aliphatic rings. The van der Waals surface area contributed by atoms with Gasteiger partial charge < -0.3 is 9.47 Å². The maximum absolute atomic E-state index is 12.2. The average Bonchev–Trinajstić information content (AvgIpc) is 2.92. The maximum atomic E-state index is 12.2. The van der Waals surface area contributed by atoms with E-state index in [1.54, 1.807) is 0 Å². The van der Waals surface area contributed by atoms with E-state index in [1.807, 2.05) is 13.8 Å². The summed E-state index contributed by atoms with van der Waals surface area (Å²) in [6, 6.07) is 6.41. The van der Waals surface area contributed by atoms with Crippen LogP contribution < -0.4 is 0 Å². The fourth-order valence-electron chi connectivity index (χ4n) is 2.97. The number of hydrogen-bond acceptors (Lipinski definition) is 2. The Balaban J connectivity index is 0.000000924. The van der Waals surface area contributed by atoms with Crippen molar-refractivity contribution in [3.05, 3.63) is 30.0 Å². The number of aromatic nitrogens is 1. The van der Waals surface area contributed by atoms with Gasteiger partial charge >= 0.3 is 0 Å². The van der Waals surface area contributed by atoms with E-state index in [-0.39, 0.29) is 5.54 Å². The summed E-state index contributed by atoms with van der Waals surface area (Å²) in [5, 5.41) is 1.29. The highest BCUT2D eigenvalue weighted by Crippen LogP contribution is 2.31. The van der Waals surface area contributed by atoms with E-state index in [2.05, 4.69) is 61.8 Å². The minimum absolute atomic E-state index is 0.102. The first kappa shape index (κ1) is 18.2. The summed E-state index contributed by atoms with van der Waals surface area (Å²) >= 11 is 0. The highest BCUT2D eigenvalue weighted by atomic mass is 32.2. The molecule has 2 aromatic rings. The van der Waals surface area contributed by atoms with Crippen molar-refractivity contribution in [3.63, 3.8) is 0 Å². The van der Waals surface area contributed by atoms with Gasteiger partial charge in [-0.1, -0.05) is 13.8 Å². The predicted octanol–water partition coefficient (Wildman–Crippen LogP) is 4.06. The molecule has 128 valence electrons. The normalized spacial score (nSPS) is 17.8. The number of hydrogen-bond donors (Lipinski definition) is 0. The summed E-state index contributed by atoms with van der Waals surface area (Å²) in [5.74, 6) is 0.812. The Morgan fingerprint density at radius 1 is 1.22 bits per heavy atom. The van der Waals surface area contributed by atoms with Crippen LogP contribution in [0.15, 0.2) is 29.3 Å². The fourth-order valence-corrected chi connectivity index (χ4v) is 4.30. The Bertz CT molecular complexity index is 701. The molecule has 0 saturated carbocycles. The molecule has 1 aromatic heterocycles. The molecule has 1 aromatic carbocycles. The Morgan fingerprint density at radius 3 is 2.57 bits per heavy atom. The number of likely N-dealkylation sites (N-methyl/N-ethyl adjacent to an activating group) is 1. The second-order valence-corrected chi connectivity index (χ2v) is 8.32. The molecule has 4 heteroatoms. The van der Waals surface area contributed by atoms with Crippen molar-refractivity contribution in [1.29, 1.82) is 0 Å². The first-order valence-corrected chi connectivity index (χ1v) is 9.88. The zero-order valence-electron chi connectivity index (χ0n) is 15.3. The van der Waals surface area contributed by atoms with Gasteiger partial charge in [0, 0.05) is 39.8 Å². The third-order valence-electron chi connectivity index (χ3n) is 4.79. The van der Waals surface area contributed by atoms with Gasteiger partial charge in [0.15, 0.2) is 0 Å². The second-order valence-electron chi connectivity index (χ2n) is 6.78. The van der Waals surface area contributed by atoms with Crippen molar-refractivity contribution in [1.82, 2.24) is 9.47 Å². The molecule has 3 rings (SSSR count). The molecule has 0 spiro atoms. The zero-order valence-corrected chi connectivity index (χ0v) is 16.2. The molecule has 3 nitrogen and oxygen atoms in total. The van der Waals surface area contributed by atoms with Crippen LogP contribution in [0.1, 0.15) is 39.7 Å². The summed E-state index contributed by atoms with van der Waals surface area (Å²) in [4.78, 5) is 3.31. The molecule has 2 heterocycles. The fraction of sp³-hybridized carbons (Fsp3) is 0.579. The van der Waals surface area contributed by atoms with E-state index in [1.165, 1.54) is 16.5 Å². The van der Waals surface area contributed by atoms with Crippen LogP contribution in [0.5, 0.6) is 0 Å². The first-order chi connectivity index (χ1) is 10.9. The molecule has 0 bridgehead atoms. The van der Waals surface area contributed by atoms with Gasteiger partial charge in [0.1, 0.15) is 0 Å². The minimum Gasteiger partial charge on any atom is -0.346 e. The summed E-state index contributed by atoms with van der Waals surface area (Å²) in [7, 11) is 3.44. The van der Waals surface area contributed by atoms with Gasteiger partial charge in [-0.2, -0.15) is 0 Å². The van der Waals surface area contributed by atoms with Gasteiger partial charge in [0.2, 0.25) is 0 Å². The average molecular weight is 335 g/mol. The van der Waals surface area contributed by atoms with Crippen molar-refractivity contribution >= 4 is 21.7 Å². The molecular weight excluding hydrogens is 304 g/mol. The number of aryl methyl sites for hydroxylation is 1. The Hall–Kier alpha value is -1.13. The third kappa shape index (κ3) is 3.53. The summed E-state index contributed by atoms with van der Waals surface area (Å²) < 4.78 is 14.5. The van der Waals surface area contributed by atoms with Crippen molar-refractivity contribution in [2.45, 2.75) is 57.5 Å². The first-order valence-electron chi connectivity index (χ1n) is 8.57. The summed E-state index contributed by atoms with van der Waals surface area (Å²) in [5.41, 5.74) is 2.67. The molecule has 0 radical (unpaired) electrons. The molecule has 0 saturated heterocycles.